The molecule has 0 saturated carbocycles. The van der Waals surface area contributed by atoms with Gasteiger partial charge in [0.2, 0.25) is 0 Å². The van der Waals surface area contributed by atoms with Crippen LogP contribution in [0.4, 0.5) is 0 Å². The summed E-state index contributed by atoms with van der Waals surface area (Å²) in [5.41, 5.74) is 0. The van der Waals surface area contributed by atoms with Gasteiger partial charge in [-0.05, 0) is 0 Å². The molecule has 0 spiro atoms. The summed E-state index contributed by atoms with van der Waals surface area (Å²) in [6, 6.07) is 0. The van der Waals surface area contributed by atoms with Crippen molar-refractivity contribution in [1.82, 2.24) is 0 Å². The Morgan fingerprint density at radius 3 is 0.321 bits per heavy atom. The van der Waals surface area contributed by atoms with Gasteiger partial charge in [-0.2, -0.15) is 0 Å². The molecule has 10 heteroatoms. The van der Waals surface area contributed by atoms with Crippen molar-refractivity contribution in [2.24, 2.45) is 0 Å². The van der Waals surface area contributed by atoms with Crippen molar-refractivity contribution in [3.05, 3.63) is 13.9 Å². The zero-order valence-electron chi connectivity index (χ0n) is 22.7. The van der Waals surface area contributed by atoms with Crippen molar-refractivity contribution in [2.75, 3.05) is 0 Å². The summed E-state index contributed by atoms with van der Waals surface area (Å²) < 4.78 is 14.5. The molecule has 0 unspecified atom stereocenters. The molecule has 172 valence electrons. The van der Waals surface area contributed by atoms with Gasteiger partial charge in [0.05, 0.1) is 0 Å². The van der Waals surface area contributed by atoms with Crippen LogP contribution in [-0.4, -0.2) is 49.4 Å². The van der Waals surface area contributed by atoms with Gasteiger partial charge in [-0.3, -0.25) is 0 Å². The molecule has 0 amide bonds. The minimum absolute atomic E-state index is 0. The van der Waals surface area contributed by atoms with E-state index < -0.39 is 49.4 Å². The molecule has 0 aromatic heterocycles. The maximum atomic E-state index is 4.82. The minimum atomic E-state index is -1.11. The van der Waals surface area contributed by atoms with E-state index >= 15 is 0 Å². The van der Waals surface area contributed by atoms with Gasteiger partial charge in [0, 0.05) is 0 Å². The molecule has 0 aliphatic rings. The fourth-order valence-electron chi connectivity index (χ4n) is 3.02. The van der Waals surface area contributed by atoms with E-state index in [0.717, 1.165) is 0 Å². The molecule has 0 heterocycles. The summed E-state index contributed by atoms with van der Waals surface area (Å²) in [7, 11) is -6.64. The van der Waals surface area contributed by atoms with Crippen molar-refractivity contribution in [3.8, 4) is 0 Å². The van der Waals surface area contributed by atoms with Gasteiger partial charge in [-0.15, -0.1) is 0 Å². The quantitative estimate of drug-likeness (QED) is 0.262. The third-order valence-electron chi connectivity index (χ3n) is 2.01. The second kappa shape index (κ2) is 14.1. The summed E-state index contributed by atoms with van der Waals surface area (Å²) in [6.07, 6.45) is 0. The smallest absolute Gasteiger partial charge is 0.668 e. The predicted octanol–water partition coefficient (Wildman–Crippen LogP) is 9.09. The van der Waals surface area contributed by atoms with Gasteiger partial charge in [0.25, 0.3) is 0 Å². The van der Waals surface area contributed by atoms with Gasteiger partial charge in [-0.25, -0.2) is 0 Å². The molecule has 3 nitrogen and oxygen atoms in total. The fourth-order valence-corrected chi connectivity index (χ4v) is 27.2. The Morgan fingerprint density at radius 2 is 0.321 bits per heavy atom. The van der Waals surface area contributed by atoms with E-state index in [0.29, 0.717) is 0 Å². The average Bonchev–Trinajstić information content (AvgIpc) is 1.96. The monoisotopic (exact) mass is 633 g/mol. The van der Waals surface area contributed by atoms with E-state index in [1.807, 2.05) is 0 Å². The molecule has 0 aliphatic heterocycles. The van der Waals surface area contributed by atoms with Crippen LogP contribution in [0.3, 0.4) is 0 Å². The van der Waals surface area contributed by atoms with E-state index in [1.165, 1.54) is 0 Å². The van der Waals surface area contributed by atoms with Crippen LogP contribution in [0.15, 0.2) is 0 Å². The largest absolute Gasteiger partial charge is 3.00 e. The first-order chi connectivity index (χ1) is 11.1. The second-order valence-corrected chi connectivity index (χ2v) is 42.1. The van der Waals surface area contributed by atoms with E-state index in [2.05, 4.69) is 118 Å². The summed E-state index contributed by atoms with van der Waals surface area (Å²) in [6.45, 7) is 41.3. The van der Waals surface area contributed by atoms with E-state index in [-0.39, 0.29) is 49.4 Å². The Balaban J connectivity index is -0.000000152. The molecule has 0 saturated heterocycles. The van der Waals surface area contributed by atoms with Gasteiger partial charge >= 0.3 is 49.4 Å². The van der Waals surface area contributed by atoms with Crippen LogP contribution in [-0.2, 0) is 0 Å². The zero-order chi connectivity index (χ0) is 23.1. The summed E-state index contributed by atoms with van der Waals surface area (Å²) in [4.78, 5) is 0. The standard InChI is InChI=1S/3C6H18NSi2.Eu/c3*1-8(2,3)7-9(4,5)6;/h3*1-6H3;/q3*-1;+3. The fraction of sp³-hybridized carbons (Fsp3) is 1.00. The average molecular weight is 633 g/mol. The molecule has 0 bridgehead atoms. The van der Waals surface area contributed by atoms with Gasteiger partial charge < -0.3 is 13.9 Å². The Morgan fingerprint density at radius 1 is 0.250 bits per heavy atom. The van der Waals surface area contributed by atoms with Crippen LogP contribution in [0.1, 0.15) is 0 Å². The van der Waals surface area contributed by atoms with Crippen molar-refractivity contribution >= 4 is 49.4 Å². The first kappa shape index (κ1) is 38.0. The van der Waals surface area contributed by atoms with Crippen LogP contribution in [0, 0.1) is 49.4 Å². The number of nitrogens with zero attached hydrogens (tertiary/aromatic N) is 3. The first-order valence-corrected chi connectivity index (χ1v) is 31.0. The molecular formula is C18H54EuN3Si6. The molecular weight excluding hydrogens is 579 g/mol. The third-order valence-corrected chi connectivity index (χ3v) is 18.1. The maximum Gasteiger partial charge on any atom is 3.00 e. The number of rotatable bonds is 6. The summed E-state index contributed by atoms with van der Waals surface area (Å²) >= 11 is 0. The van der Waals surface area contributed by atoms with Crippen molar-refractivity contribution in [2.45, 2.75) is 118 Å². The van der Waals surface area contributed by atoms with E-state index in [9.17, 15) is 0 Å². The molecule has 0 N–H and O–H groups in total. The van der Waals surface area contributed by atoms with Gasteiger partial charge in [-0.1, -0.05) is 167 Å². The topological polar surface area (TPSA) is 42.3 Å². The van der Waals surface area contributed by atoms with Gasteiger partial charge in [0.15, 0.2) is 0 Å². The van der Waals surface area contributed by atoms with Crippen LogP contribution in [0.5, 0.6) is 0 Å². The molecule has 28 heavy (non-hydrogen) atoms. The van der Waals surface area contributed by atoms with Gasteiger partial charge in [0.1, 0.15) is 0 Å². The first-order valence-electron chi connectivity index (χ1n) is 10.3. The number of hydrogen-bond donors (Lipinski definition) is 0. The molecule has 0 fully saturated rings. The molecule has 0 radical (unpaired) electrons. The van der Waals surface area contributed by atoms with E-state index in [4.69, 9.17) is 13.9 Å². The third kappa shape index (κ3) is 51.4. The zero-order valence-corrected chi connectivity index (χ0v) is 31.1. The van der Waals surface area contributed by atoms with Crippen LogP contribution < -0.4 is 0 Å². The molecule has 0 atom stereocenters. The van der Waals surface area contributed by atoms with Crippen molar-refractivity contribution in [1.29, 1.82) is 0 Å². The van der Waals surface area contributed by atoms with Crippen LogP contribution >= 0.6 is 0 Å². The molecule has 0 rings (SSSR count). The van der Waals surface area contributed by atoms with Crippen LogP contribution in [0.2, 0.25) is 118 Å². The molecule has 0 aliphatic carbocycles. The molecule has 0 aromatic rings. The van der Waals surface area contributed by atoms with E-state index in [1.54, 1.807) is 0 Å². The summed E-state index contributed by atoms with van der Waals surface area (Å²) in [5, 5.41) is 0. The second-order valence-electron chi connectivity index (χ2n) is 13.4. The minimum Gasteiger partial charge on any atom is -0.668 e. The van der Waals surface area contributed by atoms with Crippen molar-refractivity contribution < 1.29 is 49.4 Å². The maximum absolute atomic E-state index is 4.82. The predicted molar refractivity (Wildman–Crippen MR) is 150 cm³/mol. The Labute approximate surface area is 227 Å². The van der Waals surface area contributed by atoms with Crippen molar-refractivity contribution in [3.63, 3.8) is 0 Å². The SMILES string of the molecule is C[Si](C)(C)[N-][Si](C)(C)C.C[Si](C)(C)[N-][Si](C)(C)C.C[Si](C)(C)[N-][Si](C)(C)C.[Eu+3]. The Hall–Kier alpha value is 2.77. The number of hydrogen-bond acceptors (Lipinski definition) is 0. The summed E-state index contributed by atoms with van der Waals surface area (Å²) in [5.74, 6) is 0. The Bertz CT molecular complexity index is 297. The van der Waals surface area contributed by atoms with Crippen LogP contribution in [0.25, 0.3) is 13.9 Å². The Kier molecular flexibility index (Phi) is 19.2. The normalized spacial score (nSPS) is 13.5. The molecule has 0 aromatic carbocycles.